The van der Waals surface area contributed by atoms with Crippen LogP contribution in [0.15, 0.2) is 0 Å². The highest BCUT2D eigenvalue weighted by Crippen LogP contribution is 1.92. The van der Waals surface area contributed by atoms with Gasteiger partial charge in [0, 0.05) is 20.6 Å². The highest BCUT2D eigenvalue weighted by molar-refractivity contribution is 5.79. The van der Waals surface area contributed by atoms with E-state index in [-0.39, 0.29) is 12.6 Å². The third-order valence-corrected chi connectivity index (χ3v) is 1.43. The highest BCUT2D eigenvalue weighted by Gasteiger charge is 2.15. The monoisotopic (exact) mass is 203 g/mol. The van der Waals surface area contributed by atoms with Crippen molar-refractivity contribution in [2.24, 2.45) is 0 Å². The van der Waals surface area contributed by atoms with E-state index in [2.05, 4.69) is 5.43 Å². The van der Waals surface area contributed by atoms with Gasteiger partial charge in [-0.1, -0.05) is 6.92 Å². The Kier molecular flexibility index (Phi) is 5.62. The van der Waals surface area contributed by atoms with Crippen molar-refractivity contribution in [1.82, 2.24) is 15.3 Å². The molecular weight excluding hydrogens is 186 g/mol. The van der Waals surface area contributed by atoms with Crippen molar-refractivity contribution in [2.75, 3.05) is 27.2 Å². The second-order valence-electron chi connectivity index (χ2n) is 3.13. The normalized spacial score (nSPS) is 10.0. The van der Waals surface area contributed by atoms with E-state index in [1.54, 1.807) is 14.1 Å². The first kappa shape index (κ1) is 12.7. The molecule has 0 aromatic rings. The average Bonchev–Trinajstić information content (AvgIpc) is 2.01. The third-order valence-electron chi connectivity index (χ3n) is 1.43. The molecule has 0 rings (SSSR count). The zero-order chi connectivity index (χ0) is 11.1. The Hall–Kier alpha value is -1.30. The van der Waals surface area contributed by atoms with Crippen molar-refractivity contribution in [3.05, 3.63) is 0 Å². The van der Waals surface area contributed by atoms with Crippen molar-refractivity contribution < 1.29 is 14.7 Å². The number of carboxylic acids is 1. The smallest absolute Gasteiger partial charge is 0.332 e. The second kappa shape index (κ2) is 6.20. The predicted molar refractivity (Wildman–Crippen MR) is 51.7 cm³/mol. The van der Waals surface area contributed by atoms with E-state index >= 15 is 0 Å². The SMILES string of the molecule is CCCN(CC(=O)O)C(=O)NN(C)C. The lowest BCUT2D eigenvalue weighted by atomic mass is 10.4. The van der Waals surface area contributed by atoms with Gasteiger partial charge < -0.3 is 10.0 Å². The van der Waals surface area contributed by atoms with Crippen LogP contribution >= 0.6 is 0 Å². The highest BCUT2D eigenvalue weighted by atomic mass is 16.4. The topological polar surface area (TPSA) is 72.9 Å². The number of nitrogens with zero attached hydrogens (tertiary/aromatic N) is 2. The number of carbonyl (C=O) groups is 2. The molecule has 14 heavy (non-hydrogen) atoms. The lowest BCUT2D eigenvalue weighted by Gasteiger charge is -2.22. The Balaban J connectivity index is 4.17. The zero-order valence-electron chi connectivity index (χ0n) is 8.78. The minimum absolute atomic E-state index is 0.270. The first-order chi connectivity index (χ1) is 6.47. The molecule has 0 bridgehead atoms. The molecule has 0 heterocycles. The summed E-state index contributed by atoms with van der Waals surface area (Å²) in [5.74, 6) is -1.01. The fraction of sp³-hybridized carbons (Fsp3) is 0.750. The standard InChI is InChI=1S/C8H17N3O3/c1-4-5-11(6-7(12)13)8(14)9-10(2)3/h4-6H2,1-3H3,(H,9,14)(H,12,13). The molecule has 0 saturated heterocycles. The Bertz CT molecular complexity index is 206. The van der Waals surface area contributed by atoms with Crippen molar-refractivity contribution >= 4 is 12.0 Å². The number of amides is 2. The largest absolute Gasteiger partial charge is 0.480 e. The second-order valence-corrected chi connectivity index (χ2v) is 3.13. The molecular formula is C8H17N3O3. The summed E-state index contributed by atoms with van der Waals surface area (Å²) in [6.45, 7) is 2.05. The molecule has 2 amide bonds. The third kappa shape index (κ3) is 5.36. The van der Waals surface area contributed by atoms with Crippen LogP contribution in [0.4, 0.5) is 4.79 Å². The molecule has 0 unspecified atom stereocenters. The van der Waals surface area contributed by atoms with Crippen LogP contribution in [0, 0.1) is 0 Å². The zero-order valence-corrected chi connectivity index (χ0v) is 8.78. The Labute approximate surface area is 83.5 Å². The molecule has 0 spiro atoms. The van der Waals surface area contributed by atoms with Crippen LogP contribution in [-0.4, -0.2) is 54.2 Å². The van der Waals surface area contributed by atoms with Crippen LogP contribution in [0.3, 0.4) is 0 Å². The number of nitrogens with one attached hydrogen (secondary N) is 1. The molecule has 0 aliphatic rings. The van der Waals surface area contributed by atoms with Gasteiger partial charge in [0.1, 0.15) is 6.54 Å². The van der Waals surface area contributed by atoms with E-state index in [1.807, 2.05) is 6.92 Å². The van der Waals surface area contributed by atoms with Crippen LogP contribution in [0.25, 0.3) is 0 Å². The number of rotatable bonds is 5. The van der Waals surface area contributed by atoms with Gasteiger partial charge in [-0.05, 0) is 6.42 Å². The molecule has 82 valence electrons. The van der Waals surface area contributed by atoms with Gasteiger partial charge in [0.2, 0.25) is 0 Å². The number of urea groups is 1. The Morgan fingerprint density at radius 3 is 2.29 bits per heavy atom. The predicted octanol–water partition coefficient (Wildman–Crippen LogP) is -0.0308. The molecule has 0 aliphatic heterocycles. The molecule has 0 fully saturated rings. The summed E-state index contributed by atoms with van der Waals surface area (Å²) in [6, 6.07) is -0.390. The summed E-state index contributed by atoms with van der Waals surface area (Å²) in [5, 5.41) is 10.0. The number of hydrazine groups is 1. The molecule has 0 aliphatic carbocycles. The van der Waals surface area contributed by atoms with Gasteiger partial charge in [-0.2, -0.15) is 0 Å². The quantitative estimate of drug-likeness (QED) is 0.615. The summed E-state index contributed by atoms with van der Waals surface area (Å²) >= 11 is 0. The molecule has 2 N–H and O–H groups in total. The van der Waals surface area contributed by atoms with Gasteiger partial charge in [-0.15, -0.1) is 0 Å². The maximum absolute atomic E-state index is 11.4. The molecule has 0 atom stereocenters. The van der Waals surface area contributed by atoms with Gasteiger partial charge >= 0.3 is 12.0 Å². The molecule has 0 radical (unpaired) electrons. The van der Waals surface area contributed by atoms with Crippen molar-refractivity contribution in [3.8, 4) is 0 Å². The van der Waals surface area contributed by atoms with E-state index < -0.39 is 5.97 Å². The lowest BCUT2D eigenvalue weighted by molar-refractivity contribution is -0.137. The van der Waals surface area contributed by atoms with Gasteiger partial charge in [-0.3, -0.25) is 10.2 Å². The van der Waals surface area contributed by atoms with Crippen molar-refractivity contribution in [3.63, 3.8) is 0 Å². The summed E-state index contributed by atoms with van der Waals surface area (Å²) in [6.07, 6.45) is 0.730. The number of carboxylic acid groups (broad SMARTS) is 1. The van der Waals surface area contributed by atoms with Crippen molar-refractivity contribution in [2.45, 2.75) is 13.3 Å². The molecule has 6 nitrogen and oxygen atoms in total. The van der Waals surface area contributed by atoms with Crippen LogP contribution < -0.4 is 5.43 Å². The molecule has 0 aromatic heterocycles. The summed E-state index contributed by atoms with van der Waals surface area (Å²) in [4.78, 5) is 23.1. The fourth-order valence-corrected chi connectivity index (χ4v) is 0.948. The summed E-state index contributed by atoms with van der Waals surface area (Å²) in [7, 11) is 3.34. The van der Waals surface area contributed by atoms with Crippen LogP contribution in [0.1, 0.15) is 13.3 Å². The number of carbonyl (C=O) groups excluding carboxylic acids is 1. The fourth-order valence-electron chi connectivity index (χ4n) is 0.948. The lowest BCUT2D eigenvalue weighted by Crippen LogP contribution is -2.47. The van der Waals surface area contributed by atoms with Gasteiger partial charge in [0.15, 0.2) is 0 Å². The van der Waals surface area contributed by atoms with E-state index in [4.69, 9.17) is 5.11 Å². The van der Waals surface area contributed by atoms with E-state index in [1.165, 1.54) is 9.91 Å². The summed E-state index contributed by atoms with van der Waals surface area (Å²) in [5.41, 5.74) is 2.49. The number of hydrogen-bond donors (Lipinski definition) is 2. The average molecular weight is 203 g/mol. The van der Waals surface area contributed by atoms with Gasteiger partial charge in [0.05, 0.1) is 0 Å². The van der Waals surface area contributed by atoms with E-state index in [0.717, 1.165) is 6.42 Å². The van der Waals surface area contributed by atoms with E-state index in [0.29, 0.717) is 6.54 Å². The Morgan fingerprint density at radius 2 is 1.93 bits per heavy atom. The number of hydrogen-bond acceptors (Lipinski definition) is 3. The summed E-state index contributed by atoms with van der Waals surface area (Å²) < 4.78 is 0. The van der Waals surface area contributed by atoms with Crippen LogP contribution in [0.5, 0.6) is 0 Å². The maximum atomic E-state index is 11.4. The van der Waals surface area contributed by atoms with Crippen LogP contribution in [0.2, 0.25) is 0 Å². The van der Waals surface area contributed by atoms with E-state index in [9.17, 15) is 9.59 Å². The first-order valence-corrected chi connectivity index (χ1v) is 4.42. The number of aliphatic carboxylic acids is 1. The minimum atomic E-state index is -1.01. The van der Waals surface area contributed by atoms with Crippen molar-refractivity contribution in [1.29, 1.82) is 0 Å². The Morgan fingerprint density at radius 1 is 1.36 bits per heavy atom. The maximum Gasteiger partial charge on any atom is 0.332 e. The molecule has 0 aromatic carbocycles. The molecule has 6 heteroatoms. The van der Waals surface area contributed by atoms with Gasteiger partial charge in [0.25, 0.3) is 0 Å². The first-order valence-electron chi connectivity index (χ1n) is 4.42. The molecule has 0 saturated carbocycles. The van der Waals surface area contributed by atoms with Gasteiger partial charge in [-0.25, -0.2) is 9.80 Å². The minimum Gasteiger partial charge on any atom is -0.480 e. The van der Waals surface area contributed by atoms with Crippen LogP contribution in [-0.2, 0) is 4.79 Å².